The summed E-state index contributed by atoms with van der Waals surface area (Å²) in [7, 11) is 6.47. The first-order valence-corrected chi connectivity index (χ1v) is 12.5. The van der Waals surface area contributed by atoms with E-state index in [1.54, 1.807) is 40.2 Å². The van der Waals surface area contributed by atoms with Crippen LogP contribution < -0.4 is 24.3 Å². The fraction of sp³-hybridized carbons (Fsp3) is 0.321. The number of hydrogen-bond acceptors (Lipinski definition) is 7. The van der Waals surface area contributed by atoms with E-state index in [0.29, 0.717) is 23.7 Å². The number of ether oxygens (including phenoxy) is 4. The summed E-state index contributed by atoms with van der Waals surface area (Å²) in [5.74, 6) is 3.43. The van der Waals surface area contributed by atoms with Gasteiger partial charge in [-0.15, -0.1) is 11.8 Å². The van der Waals surface area contributed by atoms with Crippen molar-refractivity contribution in [3.8, 4) is 23.0 Å². The van der Waals surface area contributed by atoms with Gasteiger partial charge in [0.15, 0.2) is 0 Å². The number of methoxy groups -OCH3 is 4. The molecule has 192 valence electrons. The van der Waals surface area contributed by atoms with Gasteiger partial charge < -0.3 is 29.4 Å². The van der Waals surface area contributed by atoms with Crippen molar-refractivity contribution >= 4 is 17.7 Å². The van der Waals surface area contributed by atoms with Crippen LogP contribution in [0.3, 0.4) is 0 Å². The largest absolute Gasteiger partial charge is 0.497 e. The number of amides is 1. The van der Waals surface area contributed by atoms with Gasteiger partial charge in [-0.1, -0.05) is 24.3 Å². The molecule has 3 rings (SSSR count). The van der Waals surface area contributed by atoms with Crippen molar-refractivity contribution in [3.63, 3.8) is 0 Å². The molecule has 1 amide bonds. The summed E-state index contributed by atoms with van der Waals surface area (Å²) in [6.07, 6.45) is 0.629. The summed E-state index contributed by atoms with van der Waals surface area (Å²) in [6, 6.07) is 18.6. The fourth-order valence-electron chi connectivity index (χ4n) is 3.73. The summed E-state index contributed by atoms with van der Waals surface area (Å²) in [4.78, 5) is 13.6. The third-order valence-electron chi connectivity index (χ3n) is 5.68. The Kier molecular flexibility index (Phi) is 10.3. The van der Waals surface area contributed by atoms with Crippen LogP contribution in [0.15, 0.2) is 65.6 Å². The lowest BCUT2D eigenvalue weighted by molar-refractivity contribution is -0.121. The maximum absolute atomic E-state index is 12.7. The van der Waals surface area contributed by atoms with Crippen LogP contribution in [0.4, 0.5) is 0 Å². The number of aliphatic hydroxyl groups excluding tert-OH is 1. The molecule has 0 radical (unpaired) electrons. The molecular formula is C28H33NO6S. The molecule has 0 aliphatic rings. The molecular weight excluding hydrogens is 478 g/mol. The van der Waals surface area contributed by atoms with E-state index in [2.05, 4.69) is 5.32 Å². The first kappa shape index (κ1) is 27.2. The molecule has 0 saturated heterocycles. The minimum atomic E-state index is -0.465. The number of thioether (sulfide) groups is 1. The van der Waals surface area contributed by atoms with E-state index in [0.717, 1.165) is 33.1 Å². The lowest BCUT2D eigenvalue weighted by atomic mass is 10.0. The second kappa shape index (κ2) is 13.7. The average Bonchev–Trinajstić information content (AvgIpc) is 2.92. The first-order chi connectivity index (χ1) is 17.5. The molecule has 7 nitrogen and oxygen atoms in total. The molecule has 0 aliphatic carbocycles. The topological polar surface area (TPSA) is 86.3 Å². The van der Waals surface area contributed by atoms with Crippen LogP contribution in [0.1, 0.15) is 16.7 Å². The first-order valence-electron chi connectivity index (χ1n) is 11.5. The normalized spacial score (nSPS) is 11.5. The predicted octanol–water partition coefficient (Wildman–Crippen LogP) is 4.28. The Bertz CT molecular complexity index is 1120. The summed E-state index contributed by atoms with van der Waals surface area (Å²) >= 11 is 1.63. The number of carbonyl (C=O) groups is 1. The summed E-state index contributed by atoms with van der Waals surface area (Å²) in [5.41, 5.74) is 2.92. The zero-order chi connectivity index (χ0) is 25.9. The van der Waals surface area contributed by atoms with Crippen LogP contribution in [0, 0.1) is 0 Å². The molecule has 0 spiro atoms. The monoisotopic (exact) mass is 511 g/mol. The highest BCUT2D eigenvalue weighted by molar-refractivity contribution is 7.98. The van der Waals surface area contributed by atoms with Gasteiger partial charge in [-0.25, -0.2) is 0 Å². The Hall–Kier alpha value is -3.36. The van der Waals surface area contributed by atoms with E-state index in [1.807, 2.05) is 60.7 Å². The van der Waals surface area contributed by atoms with E-state index in [4.69, 9.17) is 18.9 Å². The zero-order valence-corrected chi connectivity index (χ0v) is 21.9. The Balaban J connectivity index is 1.75. The van der Waals surface area contributed by atoms with Crippen LogP contribution in [-0.4, -0.2) is 52.1 Å². The Labute approximate surface area is 216 Å². The molecule has 1 atom stereocenters. The van der Waals surface area contributed by atoms with Crippen molar-refractivity contribution in [2.45, 2.75) is 29.5 Å². The van der Waals surface area contributed by atoms with Gasteiger partial charge in [0.1, 0.15) is 23.0 Å². The van der Waals surface area contributed by atoms with Crippen LogP contribution in [0.2, 0.25) is 0 Å². The summed E-state index contributed by atoms with van der Waals surface area (Å²) < 4.78 is 21.6. The molecule has 3 aromatic carbocycles. The highest BCUT2D eigenvalue weighted by atomic mass is 32.2. The Morgan fingerprint density at radius 2 is 1.42 bits per heavy atom. The van der Waals surface area contributed by atoms with Gasteiger partial charge in [0.05, 0.1) is 52.4 Å². The van der Waals surface area contributed by atoms with Gasteiger partial charge in [0.2, 0.25) is 5.91 Å². The molecule has 8 heteroatoms. The van der Waals surface area contributed by atoms with E-state index in [9.17, 15) is 9.90 Å². The average molecular weight is 512 g/mol. The molecule has 0 unspecified atom stereocenters. The van der Waals surface area contributed by atoms with Crippen molar-refractivity contribution in [2.24, 2.45) is 0 Å². The minimum Gasteiger partial charge on any atom is -0.497 e. The highest BCUT2D eigenvalue weighted by Gasteiger charge is 2.19. The van der Waals surface area contributed by atoms with Gasteiger partial charge in [0, 0.05) is 11.8 Å². The van der Waals surface area contributed by atoms with E-state index >= 15 is 0 Å². The molecule has 0 bridgehead atoms. The SMILES string of the molecule is COc1ccc(CSc2c(C[C@@H](CO)NC(=O)Cc3ccc(OC)cc3)cc(OC)cc2OC)cc1. The Morgan fingerprint density at radius 3 is 1.94 bits per heavy atom. The highest BCUT2D eigenvalue weighted by Crippen LogP contribution is 2.39. The van der Waals surface area contributed by atoms with Crippen LogP contribution in [-0.2, 0) is 23.4 Å². The molecule has 0 aromatic heterocycles. The zero-order valence-electron chi connectivity index (χ0n) is 21.1. The van der Waals surface area contributed by atoms with Crippen molar-refractivity contribution in [1.82, 2.24) is 5.32 Å². The van der Waals surface area contributed by atoms with Gasteiger partial charge in [-0.05, 0) is 53.4 Å². The number of carbonyl (C=O) groups excluding carboxylic acids is 1. The Morgan fingerprint density at radius 1 is 0.833 bits per heavy atom. The molecule has 2 N–H and O–H groups in total. The van der Waals surface area contributed by atoms with Gasteiger partial charge in [-0.3, -0.25) is 4.79 Å². The molecule has 0 saturated carbocycles. The van der Waals surface area contributed by atoms with E-state index in [1.165, 1.54) is 0 Å². The standard InChI is InChI=1S/C28H33NO6S/c1-32-23-9-5-19(6-10-23)13-27(31)29-22(17-30)14-21-15-25(34-3)16-26(35-4)28(21)36-18-20-7-11-24(33-2)12-8-20/h5-12,15-16,22,30H,13-14,17-18H2,1-4H3,(H,29,31)/t22-/m0/s1. The van der Waals surface area contributed by atoms with Crippen LogP contribution in [0.5, 0.6) is 23.0 Å². The molecule has 0 heterocycles. The maximum Gasteiger partial charge on any atom is 0.224 e. The third-order valence-corrected chi connectivity index (χ3v) is 6.91. The number of aliphatic hydroxyl groups is 1. The van der Waals surface area contributed by atoms with Crippen molar-refractivity contribution in [2.75, 3.05) is 35.0 Å². The summed E-state index contributed by atoms with van der Waals surface area (Å²) in [5, 5.41) is 13.0. The quantitative estimate of drug-likeness (QED) is 0.331. The smallest absolute Gasteiger partial charge is 0.224 e. The number of rotatable bonds is 13. The van der Waals surface area contributed by atoms with Gasteiger partial charge in [-0.2, -0.15) is 0 Å². The van der Waals surface area contributed by atoms with Crippen molar-refractivity contribution < 1.29 is 28.8 Å². The number of nitrogens with one attached hydrogen (secondary N) is 1. The van der Waals surface area contributed by atoms with Crippen molar-refractivity contribution in [3.05, 3.63) is 77.4 Å². The second-order valence-corrected chi connectivity index (χ2v) is 9.12. The lowest BCUT2D eigenvalue weighted by Gasteiger charge is -2.21. The van der Waals surface area contributed by atoms with Crippen molar-refractivity contribution in [1.29, 1.82) is 0 Å². The third kappa shape index (κ3) is 7.57. The molecule has 0 aliphatic heterocycles. The maximum atomic E-state index is 12.7. The second-order valence-electron chi connectivity index (χ2n) is 8.13. The molecule has 36 heavy (non-hydrogen) atoms. The number of hydrogen-bond donors (Lipinski definition) is 2. The molecule has 0 fully saturated rings. The summed E-state index contributed by atoms with van der Waals surface area (Å²) in [6.45, 7) is -0.198. The van der Waals surface area contributed by atoms with E-state index < -0.39 is 6.04 Å². The molecule has 3 aromatic rings. The minimum absolute atomic E-state index is 0.165. The van der Waals surface area contributed by atoms with Gasteiger partial charge >= 0.3 is 0 Å². The fourth-order valence-corrected chi connectivity index (χ4v) is 4.84. The van der Waals surface area contributed by atoms with Crippen LogP contribution in [0.25, 0.3) is 0 Å². The lowest BCUT2D eigenvalue weighted by Crippen LogP contribution is -2.40. The predicted molar refractivity (Wildman–Crippen MR) is 142 cm³/mol. The number of benzene rings is 3. The van der Waals surface area contributed by atoms with Gasteiger partial charge in [0.25, 0.3) is 0 Å². The van der Waals surface area contributed by atoms with Crippen LogP contribution >= 0.6 is 11.8 Å². The van der Waals surface area contributed by atoms with E-state index in [-0.39, 0.29) is 18.9 Å².